The summed E-state index contributed by atoms with van der Waals surface area (Å²) in [5, 5.41) is 0. The summed E-state index contributed by atoms with van der Waals surface area (Å²) < 4.78 is 37.3. The van der Waals surface area contributed by atoms with Crippen molar-refractivity contribution in [3.63, 3.8) is 0 Å². The lowest BCUT2D eigenvalue weighted by atomic mass is 10.3. The van der Waals surface area contributed by atoms with Gasteiger partial charge in [-0.15, -0.1) is 0 Å². The van der Waals surface area contributed by atoms with Gasteiger partial charge in [0.25, 0.3) is 0 Å². The molecule has 0 aliphatic carbocycles. The van der Waals surface area contributed by atoms with Gasteiger partial charge in [-0.25, -0.2) is 0 Å². The van der Waals surface area contributed by atoms with E-state index < -0.39 is 18.5 Å². The van der Waals surface area contributed by atoms with Crippen LogP contribution in [0.1, 0.15) is 12.1 Å². The molecule has 0 aliphatic rings. The Labute approximate surface area is 94.3 Å². The fourth-order valence-electron chi connectivity index (χ4n) is 1.18. The Hall–Kier alpha value is -1.31. The Morgan fingerprint density at radius 1 is 1.56 bits per heavy atom. The third-order valence-electron chi connectivity index (χ3n) is 1.84. The number of hydrogen-bond acceptors (Lipinski definition) is 2. The number of rotatable bonds is 4. The van der Waals surface area contributed by atoms with Crippen molar-refractivity contribution in [2.75, 3.05) is 0 Å². The minimum absolute atomic E-state index is 0.0668. The Balaban J connectivity index is 2.71. The number of carbonyl (C=O) groups excluding carboxylic acids is 1. The van der Waals surface area contributed by atoms with Crippen LogP contribution in [0.25, 0.3) is 0 Å². The van der Waals surface area contributed by atoms with Crippen molar-refractivity contribution < 1.29 is 18.0 Å². The van der Waals surface area contributed by atoms with Crippen molar-refractivity contribution in [2.45, 2.75) is 25.6 Å². The van der Waals surface area contributed by atoms with E-state index in [1.807, 2.05) is 0 Å². The van der Waals surface area contributed by atoms with Crippen molar-refractivity contribution in [3.05, 3.63) is 16.7 Å². The highest BCUT2D eigenvalue weighted by atomic mass is 32.1. The van der Waals surface area contributed by atoms with Crippen LogP contribution in [-0.4, -0.2) is 21.6 Å². The predicted molar refractivity (Wildman–Crippen MR) is 53.2 cm³/mol. The summed E-state index contributed by atoms with van der Waals surface area (Å²) in [6, 6.07) is 0. The molecule has 0 spiro atoms. The number of nitrogens with two attached hydrogens (primary N) is 1. The molecule has 0 aliphatic heterocycles. The predicted octanol–water partition coefficient (Wildman–Crippen LogP) is 1.53. The first-order valence-electron chi connectivity index (χ1n) is 4.41. The lowest BCUT2D eigenvalue weighted by molar-refractivity contribution is -0.136. The fraction of sp³-hybridized carbons (Fsp3) is 0.500. The van der Waals surface area contributed by atoms with Crippen molar-refractivity contribution in [1.29, 1.82) is 0 Å². The Morgan fingerprint density at radius 3 is 2.69 bits per heavy atom. The van der Waals surface area contributed by atoms with E-state index in [2.05, 4.69) is 4.98 Å². The molecule has 90 valence electrons. The summed E-state index contributed by atoms with van der Waals surface area (Å²) >= 11 is 4.80. The molecule has 0 saturated heterocycles. The zero-order valence-corrected chi connectivity index (χ0v) is 8.99. The maximum atomic E-state index is 12.0. The van der Waals surface area contributed by atoms with Crippen molar-refractivity contribution in [3.8, 4) is 0 Å². The van der Waals surface area contributed by atoms with Crippen LogP contribution in [0.2, 0.25) is 0 Å². The summed E-state index contributed by atoms with van der Waals surface area (Å²) in [4.78, 5) is 13.2. The quantitative estimate of drug-likeness (QED) is 0.799. The molecule has 0 fully saturated rings. The molecule has 4 nitrogen and oxygen atoms in total. The minimum atomic E-state index is -4.23. The topological polar surface area (TPSA) is 63.8 Å². The van der Waals surface area contributed by atoms with Gasteiger partial charge < -0.3 is 15.3 Å². The average Bonchev–Trinajstić information content (AvgIpc) is 2.40. The monoisotopic (exact) mass is 253 g/mol. The standard InChI is InChI=1S/C8H10F3N3OS/c9-8(10,11)1-2-14-4-5(3-6(12)15)13-7(14)16/h4H,1-3H2,(H2,12,15)(H,13,16). The van der Waals surface area contributed by atoms with Gasteiger partial charge in [0.05, 0.1) is 12.8 Å². The zero-order chi connectivity index (χ0) is 12.3. The van der Waals surface area contributed by atoms with Gasteiger partial charge >= 0.3 is 6.18 Å². The van der Waals surface area contributed by atoms with Crippen LogP contribution < -0.4 is 5.73 Å². The van der Waals surface area contributed by atoms with Crippen LogP contribution in [0, 0.1) is 4.77 Å². The second kappa shape index (κ2) is 4.69. The first-order valence-corrected chi connectivity index (χ1v) is 4.82. The first-order chi connectivity index (χ1) is 7.28. The Kier molecular flexibility index (Phi) is 3.74. The molecule has 1 amide bonds. The van der Waals surface area contributed by atoms with E-state index in [4.69, 9.17) is 18.0 Å². The molecule has 3 N–H and O–H groups in total. The van der Waals surface area contributed by atoms with Crippen LogP contribution in [-0.2, 0) is 17.8 Å². The number of primary amides is 1. The number of halogens is 3. The zero-order valence-electron chi connectivity index (χ0n) is 8.17. The van der Waals surface area contributed by atoms with Crippen LogP contribution in [0.15, 0.2) is 6.20 Å². The van der Waals surface area contributed by atoms with Crippen molar-refractivity contribution in [2.24, 2.45) is 5.73 Å². The molecule has 1 aromatic heterocycles. The van der Waals surface area contributed by atoms with E-state index in [9.17, 15) is 18.0 Å². The van der Waals surface area contributed by atoms with Crippen LogP contribution >= 0.6 is 12.2 Å². The highest BCUT2D eigenvalue weighted by molar-refractivity contribution is 7.71. The molecule has 0 bridgehead atoms. The van der Waals surface area contributed by atoms with Gasteiger partial charge in [-0.3, -0.25) is 4.79 Å². The molecule has 8 heteroatoms. The van der Waals surface area contributed by atoms with Crippen LogP contribution in [0.5, 0.6) is 0 Å². The van der Waals surface area contributed by atoms with Gasteiger partial charge in [0.2, 0.25) is 5.91 Å². The van der Waals surface area contributed by atoms with Crippen LogP contribution in [0.4, 0.5) is 13.2 Å². The minimum Gasteiger partial charge on any atom is -0.369 e. The van der Waals surface area contributed by atoms with Crippen molar-refractivity contribution >= 4 is 18.1 Å². The molecule has 1 rings (SSSR count). The van der Waals surface area contributed by atoms with Crippen LogP contribution in [0.3, 0.4) is 0 Å². The number of imidazole rings is 1. The first kappa shape index (κ1) is 12.8. The Morgan fingerprint density at radius 2 is 2.19 bits per heavy atom. The van der Waals surface area contributed by atoms with Gasteiger partial charge in [0, 0.05) is 18.4 Å². The number of aryl methyl sites for hydroxylation is 1. The summed E-state index contributed by atoms with van der Waals surface area (Å²) in [6.07, 6.45) is -3.88. The van der Waals surface area contributed by atoms with Gasteiger partial charge in [0.15, 0.2) is 4.77 Å². The second-order valence-corrected chi connectivity index (χ2v) is 3.67. The number of nitrogens with one attached hydrogen (secondary N) is 1. The molecule has 0 saturated carbocycles. The molecular weight excluding hydrogens is 243 g/mol. The van der Waals surface area contributed by atoms with E-state index in [0.717, 1.165) is 0 Å². The average molecular weight is 253 g/mol. The smallest absolute Gasteiger partial charge is 0.369 e. The van der Waals surface area contributed by atoms with E-state index in [1.54, 1.807) is 0 Å². The molecule has 1 aromatic rings. The summed E-state index contributed by atoms with van der Waals surface area (Å²) in [6.45, 7) is -0.266. The maximum Gasteiger partial charge on any atom is 0.390 e. The highest BCUT2D eigenvalue weighted by Gasteiger charge is 2.26. The van der Waals surface area contributed by atoms with Crippen molar-refractivity contribution in [1.82, 2.24) is 9.55 Å². The molecule has 0 radical (unpaired) electrons. The lowest BCUT2D eigenvalue weighted by Gasteiger charge is -2.05. The molecule has 0 unspecified atom stereocenters. The molecule has 1 heterocycles. The number of aromatic nitrogens is 2. The molecule has 0 aromatic carbocycles. The molecule has 0 atom stereocenters. The van der Waals surface area contributed by atoms with Gasteiger partial charge in [-0.05, 0) is 12.2 Å². The molecule has 16 heavy (non-hydrogen) atoms. The third kappa shape index (κ3) is 4.05. The number of amides is 1. The van der Waals surface area contributed by atoms with Gasteiger partial charge in [-0.2, -0.15) is 13.2 Å². The number of carbonyl (C=O) groups is 1. The largest absolute Gasteiger partial charge is 0.390 e. The Bertz CT molecular complexity index is 434. The third-order valence-corrected chi connectivity index (χ3v) is 2.18. The van der Waals surface area contributed by atoms with E-state index >= 15 is 0 Å². The number of hydrogen-bond donors (Lipinski definition) is 2. The maximum absolute atomic E-state index is 12.0. The van der Waals surface area contributed by atoms with E-state index in [1.165, 1.54) is 10.8 Å². The number of alkyl halides is 3. The number of aromatic amines is 1. The van der Waals surface area contributed by atoms with Gasteiger partial charge in [-0.1, -0.05) is 0 Å². The fourth-order valence-corrected chi connectivity index (χ4v) is 1.45. The molecular formula is C8H10F3N3OS. The van der Waals surface area contributed by atoms with Gasteiger partial charge in [0.1, 0.15) is 0 Å². The lowest BCUT2D eigenvalue weighted by Crippen LogP contribution is -2.14. The summed E-state index contributed by atoms with van der Waals surface area (Å²) in [5.41, 5.74) is 5.36. The highest BCUT2D eigenvalue weighted by Crippen LogP contribution is 2.20. The van der Waals surface area contributed by atoms with E-state index in [0.29, 0.717) is 5.69 Å². The SMILES string of the molecule is NC(=O)Cc1cn(CCC(F)(F)F)c(=S)[nH]1. The van der Waals surface area contributed by atoms with E-state index in [-0.39, 0.29) is 17.7 Å². The summed E-state index contributed by atoms with van der Waals surface area (Å²) in [5.74, 6) is -0.570. The second-order valence-electron chi connectivity index (χ2n) is 3.29. The normalized spacial score (nSPS) is 11.7. The summed E-state index contributed by atoms with van der Waals surface area (Å²) in [7, 11) is 0. The number of H-pyrrole nitrogens is 1. The number of nitrogens with zero attached hydrogens (tertiary/aromatic N) is 1.